The van der Waals surface area contributed by atoms with E-state index in [-0.39, 0.29) is 30.6 Å². The van der Waals surface area contributed by atoms with Crippen LogP contribution in [0.15, 0.2) is 42.5 Å². The minimum absolute atomic E-state index is 0.0126. The molecule has 0 atom stereocenters. The lowest BCUT2D eigenvalue weighted by molar-refractivity contribution is 0.0446. The molecule has 0 spiro atoms. The van der Waals surface area contributed by atoms with Crippen molar-refractivity contribution in [3.8, 4) is 28.5 Å². The van der Waals surface area contributed by atoms with Crippen molar-refractivity contribution in [3.63, 3.8) is 0 Å². The average Bonchev–Trinajstić information content (AvgIpc) is 3.16. The van der Waals surface area contributed by atoms with Crippen molar-refractivity contribution in [2.45, 2.75) is 0 Å². The number of anilines is 2. The molecule has 0 aliphatic rings. The summed E-state index contributed by atoms with van der Waals surface area (Å²) in [5.74, 6) is 0.545. The number of aromatic carboxylic acids is 1. The topological polar surface area (TPSA) is 113 Å². The van der Waals surface area contributed by atoms with Crippen molar-refractivity contribution in [2.24, 2.45) is 7.05 Å². The van der Waals surface area contributed by atoms with Crippen molar-refractivity contribution in [2.75, 3.05) is 40.2 Å². The first-order chi connectivity index (χ1) is 15.5. The van der Waals surface area contributed by atoms with Crippen molar-refractivity contribution in [1.29, 1.82) is 0 Å². The van der Waals surface area contributed by atoms with Crippen LogP contribution in [0.5, 0.6) is 17.2 Å². The van der Waals surface area contributed by atoms with Crippen LogP contribution in [0.25, 0.3) is 11.3 Å². The summed E-state index contributed by atoms with van der Waals surface area (Å²) in [6.07, 6.45) is 0. The lowest BCUT2D eigenvalue weighted by Gasteiger charge is -2.16. The van der Waals surface area contributed by atoms with Gasteiger partial charge in [0.15, 0.2) is 13.6 Å². The van der Waals surface area contributed by atoms with Gasteiger partial charge in [-0.1, -0.05) is 12.1 Å². The molecular weight excluding hydrogens is 418 g/mol. The number of nitrogens with one attached hydrogen (secondary N) is 1. The van der Waals surface area contributed by atoms with Gasteiger partial charge < -0.3 is 34.1 Å². The Morgan fingerprint density at radius 3 is 2.47 bits per heavy atom. The van der Waals surface area contributed by atoms with E-state index in [1.54, 1.807) is 31.0 Å². The van der Waals surface area contributed by atoms with Gasteiger partial charge in [0.2, 0.25) is 0 Å². The van der Waals surface area contributed by atoms with Crippen molar-refractivity contribution in [3.05, 3.63) is 48.0 Å². The fourth-order valence-electron chi connectivity index (χ4n) is 3.00. The quantitative estimate of drug-likeness (QED) is 0.430. The number of carboxylic acid groups (broad SMARTS) is 1. The fourth-order valence-corrected chi connectivity index (χ4v) is 3.00. The number of methoxy groups -OCH3 is 3. The van der Waals surface area contributed by atoms with Gasteiger partial charge in [0.1, 0.15) is 28.6 Å². The van der Waals surface area contributed by atoms with Crippen LogP contribution in [0.2, 0.25) is 0 Å². The van der Waals surface area contributed by atoms with Gasteiger partial charge in [-0.2, -0.15) is 5.10 Å². The Labute approximate surface area is 185 Å². The van der Waals surface area contributed by atoms with Crippen LogP contribution in [0.1, 0.15) is 10.4 Å². The van der Waals surface area contributed by atoms with E-state index in [1.165, 1.54) is 20.3 Å². The molecule has 3 rings (SSSR count). The molecule has 0 radical (unpaired) electrons. The van der Waals surface area contributed by atoms with E-state index in [1.807, 2.05) is 24.3 Å². The number of aromatic nitrogens is 2. The minimum atomic E-state index is -1.17. The lowest BCUT2D eigenvalue weighted by atomic mass is 10.1. The molecule has 0 amide bonds. The predicted octanol–water partition coefficient (Wildman–Crippen LogP) is 3.50. The van der Waals surface area contributed by atoms with Gasteiger partial charge in [-0.25, -0.2) is 4.79 Å². The SMILES string of the molecule is COCOc1cc(Nc2cc(-c3cccc(OC)c3)nn2C)c(C(=O)O)c(OCOC)c1. The van der Waals surface area contributed by atoms with Gasteiger partial charge in [-0.05, 0) is 12.1 Å². The number of hydrogen-bond acceptors (Lipinski definition) is 8. The summed E-state index contributed by atoms with van der Waals surface area (Å²) in [5.41, 5.74) is 1.73. The van der Waals surface area contributed by atoms with Crippen LogP contribution >= 0.6 is 0 Å². The summed E-state index contributed by atoms with van der Waals surface area (Å²) in [5, 5.41) is 17.5. The summed E-state index contributed by atoms with van der Waals surface area (Å²) >= 11 is 0. The highest BCUT2D eigenvalue weighted by Gasteiger charge is 2.21. The lowest BCUT2D eigenvalue weighted by Crippen LogP contribution is -2.11. The average molecular weight is 443 g/mol. The number of hydrogen-bond donors (Lipinski definition) is 2. The molecule has 0 saturated carbocycles. The van der Waals surface area contributed by atoms with E-state index in [4.69, 9.17) is 23.7 Å². The molecular formula is C22H25N3O7. The van der Waals surface area contributed by atoms with Crippen LogP contribution in [0.3, 0.4) is 0 Å². The standard InChI is InChI=1S/C22H25N3O7/c1-25-20(11-17(24-25)14-6-5-7-15(8-14)30-4)23-18-9-16(31-12-28-2)10-19(32-13-29-3)21(18)22(26)27/h5-11,23H,12-13H2,1-4H3,(H,26,27). The Bertz CT molecular complexity index is 1080. The zero-order valence-corrected chi connectivity index (χ0v) is 18.2. The number of rotatable bonds is 11. The third-order valence-corrected chi connectivity index (χ3v) is 4.47. The van der Waals surface area contributed by atoms with E-state index in [0.717, 1.165) is 5.56 Å². The number of benzene rings is 2. The van der Waals surface area contributed by atoms with Crippen molar-refractivity contribution < 1.29 is 33.6 Å². The maximum absolute atomic E-state index is 12.0. The second kappa shape index (κ2) is 10.5. The Morgan fingerprint density at radius 2 is 1.78 bits per heavy atom. The first kappa shape index (κ1) is 22.9. The maximum Gasteiger partial charge on any atom is 0.341 e. The highest BCUT2D eigenvalue weighted by Crippen LogP contribution is 2.35. The number of aryl methyl sites for hydroxylation is 1. The zero-order valence-electron chi connectivity index (χ0n) is 18.2. The van der Waals surface area contributed by atoms with Crippen molar-refractivity contribution >= 4 is 17.5 Å². The molecule has 2 N–H and O–H groups in total. The van der Waals surface area contributed by atoms with E-state index < -0.39 is 5.97 Å². The molecule has 170 valence electrons. The largest absolute Gasteiger partial charge is 0.497 e. The Balaban J connectivity index is 2.01. The Hall–Kier alpha value is -3.76. The predicted molar refractivity (Wildman–Crippen MR) is 117 cm³/mol. The second-order valence-electron chi connectivity index (χ2n) is 6.65. The van der Waals surface area contributed by atoms with Gasteiger partial charge in [0, 0.05) is 45.0 Å². The van der Waals surface area contributed by atoms with Gasteiger partial charge >= 0.3 is 5.97 Å². The van der Waals surface area contributed by atoms with Crippen molar-refractivity contribution in [1.82, 2.24) is 9.78 Å². The number of carboxylic acids is 1. The summed E-state index contributed by atoms with van der Waals surface area (Å²) in [7, 11) is 6.28. The van der Waals surface area contributed by atoms with Crippen LogP contribution in [0, 0.1) is 0 Å². The second-order valence-corrected chi connectivity index (χ2v) is 6.65. The molecule has 1 aromatic heterocycles. The highest BCUT2D eigenvalue weighted by molar-refractivity contribution is 5.98. The van der Waals surface area contributed by atoms with Gasteiger partial charge in [0.05, 0.1) is 18.5 Å². The molecule has 10 nitrogen and oxygen atoms in total. The van der Waals surface area contributed by atoms with Gasteiger partial charge in [-0.15, -0.1) is 0 Å². The number of carbonyl (C=O) groups is 1. The van der Waals surface area contributed by atoms with E-state index in [9.17, 15) is 9.90 Å². The molecule has 10 heteroatoms. The smallest absolute Gasteiger partial charge is 0.341 e. The summed E-state index contributed by atoms with van der Waals surface area (Å²) in [6, 6.07) is 12.3. The molecule has 0 bridgehead atoms. The first-order valence-electron chi connectivity index (χ1n) is 9.57. The summed E-state index contributed by atoms with van der Waals surface area (Å²) < 4.78 is 27.7. The van der Waals surface area contributed by atoms with E-state index >= 15 is 0 Å². The van der Waals surface area contributed by atoms with E-state index in [2.05, 4.69) is 10.4 Å². The molecule has 0 saturated heterocycles. The fraction of sp³-hybridized carbons (Fsp3) is 0.273. The Morgan fingerprint density at radius 1 is 1.03 bits per heavy atom. The minimum Gasteiger partial charge on any atom is -0.497 e. The molecule has 32 heavy (non-hydrogen) atoms. The Kier molecular flexibility index (Phi) is 7.53. The summed E-state index contributed by atoms with van der Waals surface area (Å²) in [6.45, 7) is -0.138. The molecule has 1 heterocycles. The zero-order chi connectivity index (χ0) is 23.1. The number of nitrogens with zero attached hydrogens (tertiary/aromatic N) is 2. The van der Waals surface area contributed by atoms with E-state index in [0.29, 0.717) is 23.0 Å². The monoisotopic (exact) mass is 443 g/mol. The molecule has 2 aromatic carbocycles. The first-order valence-corrected chi connectivity index (χ1v) is 9.57. The molecule has 0 fully saturated rings. The third kappa shape index (κ3) is 5.29. The number of ether oxygens (including phenoxy) is 5. The molecule has 0 aliphatic heterocycles. The van der Waals surface area contributed by atoms with Gasteiger partial charge in [-0.3, -0.25) is 4.68 Å². The third-order valence-electron chi connectivity index (χ3n) is 4.47. The summed E-state index contributed by atoms with van der Waals surface area (Å²) in [4.78, 5) is 12.0. The highest BCUT2D eigenvalue weighted by atomic mass is 16.7. The van der Waals surface area contributed by atoms with Crippen LogP contribution in [-0.2, 0) is 16.5 Å². The van der Waals surface area contributed by atoms with Crippen LogP contribution < -0.4 is 19.5 Å². The van der Waals surface area contributed by atoms with Crippen LogP contribution in [-0.4, -0.2) is 55.8 Å². The normalized spacial score (nSPS) is 10.6. The molecule has 0 aliphatic carbocycles. The maximum atomic E-state index is 12.0. The molecule has 0 unspecified atom stereocenters. The molecule has 3 aromatic rings. The van der Waals surface area contributed by atoms with Gasteiger partial charge in [0.25, 0.3) is 0 Å². The van der Waals surface area contributed by atoms with Crippen LogP contribution in [0.4, 0.5) is 11.5 Å².